The van der Waals surface area contributed by atoms with Crippen molar-refractivity contribution >= 4 is 39.6 Å². The lowest BCUT2D eigenvalue weighted by Crippen LogP contribution is -2.22. The van der Waals surface area contributed by atoms with E-state index in [1.54, 1.807) is 6.08 Å². The Morgan fingerprint density at radius 3 is 2.48 bits per heavy atom. The van der Waals surface area contributed by atoms with Crippen LogP contribution in [-0.2, 0) is 20.7 Å². The third-order valence-electron chi connectivity index (χ3n) is 3.51. The van der Waals surface area contributed by atoms with E-state index in [1.165, 1.54) is 6.08 Å². The lowest BCUT2D eigenvalue weighted by atomic mass is 10.1. The number of carbonyl (C=O) groups is 2. The third-order valence-corrected chi connectivity index (χ3v) is 3.96. The lowest BCUT2D eigenvalue weighted by Gasteiger charge is -2.17. The van der Waals surface area contributed by atoms with Gasteiger partial charge in [0.25, 0.3) is 0 Å². The number of benzene rings is 2. The molecular formula is C22H24BrNO3. The summed E-state index contributed by atoms with van der Waals surface area (Å²) in [6.07, 6.45) is 4.14. The molecule has 0 aliphatic rings. The Morgan fingerprint density at radius 1 is 1.11 bits per heavy atom. The van der Waals surface area contributed by atoms with E-state index in [1.807, 2.05) is 69.3 Å². The first-order chi connectivity index (χ1) is 12.7. The third kappa shape index (κ3) is 8.22. The van der Waals surface area contributed by atoms with E-state index in [9.17, 15) is 9.59 Å². The van der Waals surface area contributed by atoms with Gasteiger partial charge in [0.2, 0.25) is 5.91 Å². The SMILES string of the molecule is CC(C)(C)OC(=O)/C=C/c1cc(Br)cc(NC(=O)CCc2ccccc2)c1. The van der Waals surface area contributed by atoms with E-state index < -0.39 is 11.6 Å². The second kappa shape index (κ2) is 9.51. The van der Waals surface area contributed by atoms with Crippen LogP contribution < -0.4 is 5.32 Å². The molecular weight excluding hydrogens is 406 g/mol. The van der Waals surface area contributed by atoms with Gasteiger partial charge in [0.05, 0.1) is 0 Å². The minimum absolute atomic E-state index is 0.0565. The fraction of sp³-hybridized carbons (Fsp3) is 0.273. The van der Waals surface area contributed by atoms with Crippen molar-refractivity contribution in [1.82, 2.24) is 0 Å². The summed E-state index contributed by atoms with van der Waals surface area (Å²) in [7, 11) is 0. The van der Waals surface area contributed by atoms with E-state index in [2.05, 4.69) is 21.2 Å². The van der Waals surface area contributed by atoms with Crippen LogP contribution in [-0.4, -0.2) is 17.5 Å². The van der Waals surface area contributed by atoms with Crippen LogP contribution in [0.3, 0.4) is 0 Å². The van der Waals surface area contributed by atoms with Crippen molar-refractivity contribution in [2.75, 3.05) is 5.32 Å². The molecule has 0 radical (unpaired) electrons. The maximum absolute atomic E-state index is 12.2. The molecule has 5 heteroatoms. The largest absolute Gasteiger partial charge is 0.457 e. The number of aryl methyl sites for hydroxylation is 1. The summed E-state index contributed by atoms with van der Waals surface area (Å²) in [5.41, 5.74) is 2.05. The van der Waals surface area contributed by atoms with Gasteiger partial charge in [0.1, 0.15) is 5.60 Å². The summed E-state index contributed by atoms with van der Waals surface area (Å²) < 4.78 is 6.06. The van der Waals surface area contributed by atoms with Crippen LogP contribution in [0.1, 0.15) is 38.3 Å². The van der Waals surface area contributed by atoms with Gasteiger partial charge in [-0.3, -0.25) is 4.79 Å². The van der Waals surface area contributed by atoms with Gasteiger partial charge in [-0.05, 0) is 62.6 Å². The van der Waals surface area contributed by atoms with Gasteiger partial charge in [-0.25, -0.2) is 4.79 Å². The number of amides is 1. The molecule has 27 heavy (non-hydrogen) atoms. The average molecular weight is 430 g/mol. The molecule has 0 saturated carbocycles. The number of rotatable bonds is 6. The van der Waals surface area contributed by atoms with Crippen molar-refractivity contribution in [3.8, 4) is 0 Å². The number of hydrogen-bond donors (Lipinski definition) is 1. The zero-order valence-electron chi connectivity index (χ0n) is 15.8. The predicted octanol–water partition coefficient (Wildman–Crippen LogP) is 5.38. The quantitative estimate of drug-likeness (QED) is 0.495. The molecule has 0 fully saturated rings. The van der Waals surface area contributed by atoms with Gasteiger partial charge < -0.3 is 10.1 Å². The second-order valence-electron chi connectivity index (χ2n) is 7.17. The number of halogens is 1. The Labute approximate surface area is 168 Å². The number of esters is 1. The average Bonchev–Trinajstić information content (AvgIpc) is 2.57. The smallest absolute Gasteiger partial charge is 0.331 e. The minimum Gasteiger partial charge on any atom is -0.457 e. The molecule has 1 amide bonds. The van der Waals surface area contributed by atoms with Gasteiger partial charge in [0, 0.05) is 22.7 Å². The van der Waals surface area contributed by atoms with Gasteiger partial charge in [0.15, 0.2) is 0 Å². The Hall–Kier alpha value is -2.40. The molecule has 0 aromatic heterocycles. The molecule has 0 spiro atoms. The van der Waals surface area contributed by atoms with Crippen molar-refractivity contribution in [3.63, 3.8) is 0 Å². The molecule has 0 atom stereocenters. The number of hydrogen-bond acceptors (Lipinski definition) is 3. The van der Waals surface area contributed by atoms with Crippen LogP contribution in [0.25, 0.3) is 6.08 Å². The van der Waals surface area contributed by atoms with E-state index in [-0.39, 0.29) is 5.91 Å². The van der Waals surface area contributed by atoms with Crippen molar-refractivity contribution in [1.29, 1.82) is 0 Å². The Morgan fingerprint density at radius 2 is 1.81 bits per heavy atom. The predicted molar refractivity (Wildman–Crippen MR) is 112 cm³/mol. The zero-order valence-corrected chi connectivity index (χ0v) is 17.4. The number of nitrogens with one attached hydrogen (secondary N) is 1. The standard InChI is InChI=1S/C22H24BrNO3/c1-22(2,3)27-21(26)12-10-17-13-18(23)15-19(14-17)24-20(25)11-9-16-7-5-4-6-8-16/h4-8,10,12-15H,9,11H2,1-3H3,(H,24,25)/b12-10+. The molecule has 0 aliphatic heterocycles. The highest BCUT2D eigenvalue weighted by Crippen LogP contribution is 2.21. The van der Waals surface area contributed by atoms with E-state index in [0.29, 0.717) is 18.5 Å². The van der Waals surface area contributed by atoms with Gasteiger partial charge >= 0.3 is 5.97 Å². The molecule has 2 rings (SSSR count). The Bertz CT molecular complexity index is 823. The highest BCUT2D eigenvalue weighted by Gasteiger charge is 2.14. The van der Waals surface area contributed by atoms with E-state index in [4.69, 9.17) is 4.74 Å². The van der Waals surface area contributed by atoms with Crippen LogP contribution >= 0.6 is 15.9 Å². The van der Waals surface area contributed by atoms with Crippen LogP contribution in [0.4, 0.5) is 5.69 Å². The molecule has 4 nitrogen and oxygen atoms in total. The summed E-state index contributed by atoms with van der Waals surface area (Å²) in [6.45, 7) is 5.46. The first-order valence-corrected chi connectivity index (χ1v) is 9.56. The van der Waals surface area contributed by atoms with Crippen molar-refractivity contribution in [3.05, 3.63) is 70.2 Å². The monoisotopic (exact) mass is 429 g/mol. The van der Waals surface area contributed by atoms with Gasteiger partial charge in [-0.2, -0.15) is 0 Å². The van der Waals surface area contributed by atoms with Crippen LogP contribution in [0.2, 0.25) is 0 Å². The van der Waals surface area contributed by atoms with Crippen molar-refractivity contribution in [2.45, 2.75) is 39.2 Å². The first kappa shape index (κ1) is 20.9. The fourth-order valence-electron chi connectivity index (χ4n) is 2.41. The van der Waals surface area contributed by atoms with E-state index in [0.717, 1.165) is 15.6 Å². The van der Waals surface area contributed by atoms with E-state index >= 15 is 0 Å². The normalized spacial score (nSPS) is 11.4. The maximum Gasteiger partial charge on any atom is 0.331 e. The van der Waals surface area contributed by atoms with Crippen LogP contribution in [0, 0.1) is 0 Å². The molecule has 0 heterocycles. The first-order valence-electron chi connectivity index (χ1n) is 8.77. The minimum atomic E-state index is -0.531. The molecule has 2 aromatic carbocycles. The molecule has 0 unspecified atom stereocenters. The van der Waals surface area contributed by atoms with Gasteiger partial charge in [-0.15, -0.1) is 0 Å². The summed E-state index contributed by atoms with van der Waals surface area (Å²) in [6, 6.07) is 15.4. The van der Waals surface area contributed by atoms with Crippen molar-refractivity contribution < 1.29 is 14.3 Å². The lowest BCUT2D eigenvalue weighted by molar-refractivity contribution is -0.148. The van der Waals surface area contributed by atoms with Crippen LogP contribution in [0.5, 0.6) is 0 Å². The Balaban J connectivity index is 1.97. The van der Waals surface area contributed by atoms with Crippen LogP contribution in [0.15, 0.2) is 59.1 Å². The summed E-state index contributed by atoms with van der Waals surface area (Å²) in [5, 5.41) is 2.90. The highest BCUT2D eigenvalue weighted by atomic mass is 79.9. The fourth-order valence-corrected chi connectivity index (χ4v) is 2.92. The number of carbonyl (C=O) groups excluding carboxylic acids is 2. The zero-order chi connectivity index (χ0) is 19.9. The molecule has 0 saturated heterocycles. The molecule has 0 aliphatic carbocycles. The summed E-state index contributed by atoms with van der Waals surface area (Å²) in [5.74, 6) is -0.463. The second-order valence-corrected chi connectivity index (χ2v) is 8.09. The molecule has 142 valence electrons. The number of anilines is 1. The molecule has 1 N–H and O–H groups in total. The highest BCUT2D eigenvalue weighted by molar-refractivity contribution is 9.10. The number of ether oxygens (including phenoxy) is 1. The van der Waals surface area contributed by atoms with Gasteiger partial charge in [-0.1, -0.05) is 46.3 Å². The summed E-state index contributed by atoms with van der Waals surface area (Å²) in [4.78, 5) is 24.0. The molecule has 0 bridgehead atoms. The topological polar surface area (TPSA) is 55.4 Å². The van der Waals surface area contributed by atoms with Crippen molar-refractivity contribution in [2.24, 2.45) is 0 Å². The Kier molecular flexibility index (Phi) is 7.36. The molecule has 2 aromatic rings. The summed E-state index contributed by atoms with van der Waals surface area (Å²) >= 11 is 3.43. The maximum atomic E-state index is 12.2.